The second kappa shape index (κ2) is 7.91. The molecule has 0 heterocycles. The van der Waals surface area contributed by atoms with E-state index in [2.05, 4.69) is 10.8 Å². The number of carbonyl (C=O) groups is 1. The molecule has 2 aromatic rings. The summed E-state index contributed by atoms with van der Waals surface area (Å²) in [7, 11) is -1.96. The topological polar surface area (TPSA) is 90.3 Å². The lowest BCUT2D eigenvalue weighted by molar-refractivity contribution is 0.0785. The minimum Gasteiger partial charge on any atom is -0.337 e. The summed E-state index contributed by atoms with van der Waals surface area (Å²) < 4.78 is 27.2. The average Bonchev–Trinajstić information content (AvgIpc) is 2.60. The fourth-order valence-electron chi connectivity index (χ4n) is 2.49. The van der Waals surface area contributed by atoms with Gasteiger partial charge in [0.25, 0.3) is 5.91 Å². The van der Waals surface area contributed by atoms with Crippen molar-refractivity contribution in [2.75, 3.05) is 7.05 Å². The molecule has 1 amide bonds. The third-order valence-electron chi connectivity index (χ3n) is 3.70. The van der Waals surface area contributed by atoms with E-state index in [-0.39, 0.29) is 10.8 Å². The zero-order valence-corrected chi connectivity index (χ0v) is 16.7. The van der Waals surface area contributed by atoms with Crippen molar-refractivity contribution in [2.24, 2.45) is 0 Å². The van der Waals surface area contributed by atoms with E-state index < -0.39 is 15.6 Å². The van der Waals surface area contributed by atoms with Crippen molar-refractivity contribution in [3.63, 3.8) is 0 Å². The van der Waals surface area contributed by atoms with Crippen LogP contribution in [0.2, 0.25) is 0 Å². The van der Waals surface area contributed by atoms with Gasteiger partial charge in [-0.05, 0) is 62.7 Å². The van der Waals surface area contributed by atoms with Gasteiger partial charge in [0.05, 0.1) is 16.5 Å². The Labute approximate surface area is 160 Å². The van der Waals surface area contributed by atoms with E-state index in [1.807, 2.05) is 0 Å². The molecule has 0 aromatic heterocycles. The Balaban J connectivity index is 2.11. The monoisotopic (exact) mass is 385 g/mol. The van der Waals surface area contributed by atoms with Crippen molar-refractivity contribution in [3.05, 3.63) is 65.2 Å². The van der Waals surface area contributed by atoms with Crippen LogP contribution in [0.3, 0.4) is 0 Å². The fourth-order valence-corrected chi connectivity index (χ4v) is 3.91. The summed E-state index contributed by atoms with van der Waals surface area (Å²) in [6, 6.07) is 14.9. The molecular weight excluding hydrogens is 362 g/mol. The summed E-state index contributed by atoms with van der Waals surface area (Å²) >= 11 is 0. The van der Waals surface area contributed by atoms with Gasteiger partial charge in [-0.3, -0.25) is 4.79 Å². The van der Waals surface area contributed by atoms with Gasteiger partial charge in [0.15, 0.2) is 0 Å². The predicted molar refractivity (Wildman–Crippen MR) is 103 cm³/mol. The number of nitrogens with one attached hydrogen (secondary N) is 1. The van der Waals surface area contributed by atoms with Gasteiger partial charge >= 0.3 is 0 Å². The number of nitriles is 1. The second-order valence-corrected chi connectivity index (χ2v) is 9.03. The molecular formula is C20H23N3O3S. The van der Waals surface area contributed by atoms with Gasteiger partial charge in [0, 0.05) is 24.7 Å². The molecule has 0 radical (unpaired) electrons. The van der Waals surface area contributed by atoms with Crippen molar-refractivity contribution in [1.29, 1.82) is 5.26 Å². The van der Waals surface area contributed by atoms with Crippen LogP contribution in [0.15, 0.2) is 53.4 Å². The van der Waals surface area contributed by atoms with Crippen LogP contribution in [0.5, 0.6) is 0 Å². The number of carbonyl (C=O) groups excluding carboxylic acids is 1. The zero-order chi connectivity index (χ0) is 20.2. The van der Waals surface area contributed by atoms with E-state index >= 15 is 0 Å². The lowest BCUT2D eigenvalue weighted by Gasteiger charge is -2.21. The number of sulfonamides is 1. The molecule has 142 valence electrons. The van der Waals surface area contributed by atoms with E-state index in [9.17, 15) is 13.2 Å². The van der Waals surface area contributed by atoms with Crippen LogP contribution in [0.4, 0.5) is 0 Å². The van der Waals surface area contributed by atoms with E-state index in [0.717, 1.165) is 5.56 Å². The molecule has 0 saturated carbocycles. The molecule has 0 aliphatic rings. The number of nitrogens with zero attached hydrogens (tertiary/aromatic N) is 2. The maximum absolute atomic E-state index is 12.6. The number of benzene rings is 2. The number of hydrogen-bond acceptors (Lipinski definition) is 4. The average molecular weight is 385 g/mol. The normalized spacial score (nSPS) is 11.7. The number of rotatable bonds is 5. The molecule has 0 bridgehead atoms. The van der Waals surface area contributed by atoms with Crippen molar-refractivity contribution < 1.29 is 13.2 Å². The predicted octanol–water partition coefficient (Wildman–Crippen LogP) is 2.91. The number of hydrogen-bond donors (Lipinski definition) is 1. The molecule has 2 rings (SSSR count). The van der Waals surface area contributed by atoms with Gasteiger partial charge in [-0.25, -0.2) is 13.1 Å². The van der Waals surface area contributed by atoms with E-state index in [1.165, 1.54) is 29.2 Å². The summed E-state index contributed by atoms with van der Waals surface area (Å²) in [6.07, 6.45) is 0. The Morgan fingerprint density at radius 3 is 2.11 bits per heavy atom. The van der Waals surface area contributed by atoms with E-state index in [0.29, 0.717) is 17.7 Å². The van der Waals surface area contributed by atoms with Crippen LogP contribution in [0, 0.1) is 11.3 Å². The summed E-state index contributed by atoms with van der Waals surface area (Å²) in [5.41, 5.74) is 1.28. The van der Waals surface area contributed by atoms with Crippen LogP contribution in [0.25, 0.3) is 0 Å². The highest BCUT2D eigenvalue weighted by Gasteiger charge is 2.22. The van der Waals surface area contributed by atoms with Gasteiger partial charge in [-0.15, -0.1) is 0 Å². The summed E-state index contributed by atoms with van der Waals surface area (Å²) in [5.74, 6) is -0.216. The number of amides is 1. The van der Waals surface area contributed by atoms with Crippen molar-refractivity contribution in [3.8, 4) is 6.07 Å². The van der Waals surface area contributed by atoms with Crippen LogP contribution < -0.4 is 4.72 Å². The first kappa shape index (κ1) is 20.6. The van der Waals surface area contributed by atoms with E-state index in [4.69, 9.17) is 5.26 Å². The van der Waals surface area contributed by atoms with Crippen molar-refractivity contribution in [1.82, 2.24) is 9.62 Å². The van der Waals surface area contributed by atoms with Gasteiger partial charge in [0.2, 0.25) is 10.0 Å². The highest BCUT2D eigenvalue weighted by molar-refractivity contribution is 7.89. The molecule has 0 atom stereocenters. The molecule has 0 fully saturated rings. The van der Waals surface area contributed by atoms with Crippen molar-refractivity contribution >= 4 is 15.9 Å². The maximum Gasteiger partial charge on any atom is 0.253 e. The van der Waals surface area contributed by atoms with E-state index in [1.54, 1.807) is 52.1 Å². The molecule has 0 unspecified atom stereocenters. The van der Waals surface area contributed by atoms with Crippen LogP contribution in [-0.2, 0) is 16.6 Å². The van der Waals surface area contributed by atoms with Crippen molar-refractivity contribution in [2.45, 2.75) is 37.8 Å². The Morgan fingerprint density at radius 2 is 1.63 bits per heavy atom. The molecule has 0 spiro atoms. The smallest absolute Gasteiger partial charge is 0.253 e. The zero-order valence-electron chi connectivity index (χ0n) is 15.9. The Hall–Kier alpha value is -2.69. The van der Waals surface area contributed by atoms with Crippen LogP contribution in [-0.4, -0.2) is 31.8 Å². The van der Waals surface area contributed by atoms with Crippen LogP contribution in [0.1, 0.15) is 42.3 Å². The minimum absolute atomic E-state index is 0.115. The highest BCUT2D eigenvalue weighted by atomic mass is 32.2. The SMILES string of the molecule is CN(Cc1ccc(C#N)cc1)C(=O)c1ccc(S(=O)(=O)NC(C)(C)C)cc1. The molecule has 0 aliphatic heterocycles. The molecule has 27 heavy (non-hydrogen) atoms. The quantitative estimate of drug-likeness (QED) is 0.857. The molecule has 6 nitrogen and oxygen atoms in total. The van der Waals surface area contributed by atoms with Crippen LogP contribution >= 0.6 is 0 Å². The largest absolute Gasteiger partial charge is 0.337 e. The highest BCUT2D eigenvalue weighted by Crippen LogP contribution is 2.15. The summed E-state index contributed by atoms with van der Waals surface area (Å²) in [5, 5.41) is 8.83. The summed E-state index contributed by atoms with van der Waals surface area (Å²) in [6.45, 7) is 5.68. The molecule has 0 saturated heterocycles. The van der Waals surface area contributed by atoms with Gasteiger partial charge < -0.3 is 4.90 Å². The standard InChI is InChI=1S/C20H23N3O3S/c1-20(2,3)22-27(25,26)18-11-9-17(10-12-18)19(24)23(4)14-16-7-5-15(13-21)6-8-16/h5-12,22H,14H2,1-4H3. The van der Waals surface area contributed by atoms with Gasteiger partial charge in [0.1, 0.15) is 0 Å². The Morgan fingerprint density at radius 1 is 1.07 bits per heavy atom. The third kappa shape index (κ3) is 5.64. The molecule has 2 aromatic carbocycles. The van der Waals surface area contributed by atoms with Gasteiger partial charge in [-0.1, -0.05) is 12.1 Å². The third-order valence-corrected chi connectivity index (χ3v) is 5.48. The Kier molecular flexibility index (Phi) is 6.04. The first-order valence-corrected chi connectivity index (χ1v) is 9.89. The fraction of sp³-hybridized carbons (Fsp3) is 0.300. The second-order valence-electron chi connectivity index (χ2n) is 7.35. The summed E-state index contributed by atoms with van der Waals surface area (Å²) in [4.78, 5) is 14.2. The molecule has 7 heteroatoms. The maximum atomic E-state index is 12.6. The lowest BCUT2D eigenvalue weighted by atomic mass is 10.1. The first-order chi connectivity index (χ1) is 12.5. The van der Waals surface area contributed by atoms with Gasteiger partial charge in [-0.2, -0.15) is 5.26 Å². The molecule has 0 aliphatic carbocycles. The minimum atomic E-state index is -3.64. The lowest BCUT2D eigenvalue weighted by Crippen LogP contribution is -2.40. The molecule has 1 N–H and O–H groups in total. The first-order valence-electron chi connectivity index (χ1n) is 8.40. The Bertz CT molecular complexity index is 952.